The number of carbonyl (C=O) groups is 1. The Hall–Kier alpha value is -3.12. The zero-order valence-corrected chi connectivity index (χ0v) is 15.0. The van der Waals surface area contributed by atoms with E-state index >= 15 is 0 Å². The molecule has 0 aliphatic rings. The second-order valence-electron chi connectivity index (χ2n) is 5.65. The summed E-state index contributed by atoms with van der Waals surface area (Å²) < 4.78 is 7.33. The number of benzene rings is 2. The van der Waals surface area contributed by atoms with Gasteiger partial charge in [-0.15, -0.1) is 11.3 Å². The molecule has 1 amide bonds. The molecule has 0 aliphatic heterocycles. The van der Waals surface area contributed by atoms with Gasteiger partial charge in [0.1, 0.15) is 17.0 Å². The van der Waals surface area contributed by atoms with Crippen LogP contribution in [0, 0.1) is 0 Å². The number of imidazole rings is 1. The lowest BCUT2D eigenvalue weighted by molar-refractivity contribution is 0.101. The van der Waals surface area contributed by atoms with Gasteiger partial charge in [0.25, 0.3) is 5.91 Å². The number of fused-ring (bicyclic) bond motifs is 1. The number of para-hydroxylation sites is 2. The summed E-state index contributed by atoms with van der Waals surface area (Å²) in [5.74, 6) is 0.377. The van der Waals surface area contributed by atoms with E-state index in [2.05, 4.69) is 10.4 Å². The van der Waals surface area contributed by atoms with Crippen LogP contribution in [0.5, 0.6) is 5.75 Å². The highest BCUT2D eigenvalue weighted by Gasteiger charge is 2.19. The maximum atomic E-state index is 12.9. The molecule has 6 heteroatoms. The number of hydrogen-bond donors (Lipinski definition) is 1. The first-order valence-corrected chi connectivity index (χ1v) is 9.13. The third kappa shape index (κ3) is 3.07. The van der Waals surface area contributed by atoms with Gasteiger partial charge in [-0.05, 0) is 30.7 Å². The fourth-order valence-electron chi connectivity index (χ4n) is 2.75. The largest absolute Gasteiger partial charge is 0.492 e. The van der Waals surface area contributed by atoms with E-state index in [4.69, 9.17) is 4.74 Å². The quantitative estimate of drug-likeness (QED) is 0.566. The van der Waals surface area contributed by atoms with Crippen molar-refractivity contribution in [2.45, 2.75) is 6.92 Å². The Morgan fingerprint density at radius 2 is 1.92 bits per heavy atom. The van der Waals surface area contributed by atoms with Gasteiger partial charge in [0.15, 0.2) is 0 Å². The fraction of sp³-hybridized carbons (Fsp3) is 0.100. The van der Waals surface area contributed by atoms with Crippen molar-refractivity contribution in [1.82, 2.24) is 9.66 Å². The minimum absolute atomic E-state index is 0.219. The maximum Gasteiger partial charge on any atom is 0.284 e. The fourth-order valence-corrected chi connectivity index (χ4v) is 3.75. The highest BCUT2D eigenvalue weighted by Crippen LogP contribution is 2.36. The standard InChI is InChI=1S/C20H17N3O2S/c1-2-25-17-12-18(14-8-4-3-5-9-14)26-19(17)20(24)22-23-13-21-15-10-6-7-11-16(15)23/h3-13H,2H2,1H3,(H,22,24). The maximum absolute atomic E-state index is 12.9. The second kappa shape index (κ2) is 7.01. The summed E-state index contributed by atoms with van der Waals surface area (Å²) in [6.07, 6.45) is 1.61. The first-order valence-electron chi connectivity index (χ1n) is 8.31. The summed E-state index contributed by atoms with van der Waals surface area (Å²) in [6, 6.07) is 19.5. The highest BCUT2D eigenvalue weighted by atomic mass is 32.1. The summed E-state index contributed by atoms with van der Waals surface area (Å²) in [5.41, 5.74) is 5.62. The van der Waals surface area contributed by atoms with Gasteiger partial charge in [-0.3, -0.25) is 10.2 Å². The first-order chi connectivity index (χ1) is 12.8. The average molecular weight is 363 g/mol. The predicted molar refractivity (Wildman–Crippen MR) is 104 cm³/mol. The molecular formula is C20H17N3O2S. The molecule has 4 rings (SSSR count). The molecular weight excluding hydrogens is 346 g/mol. The molecule has 0 spiro atoms. The van der Waals surface area contributed by atoms with Crippen molar-refractivity contribution in [2.75, 3.05) is 12.0 Å². The average Bonchev–Trinajstić information content (AvgIpc) is 3.28. The number of amides is 1. The van der Waals surface area contributed by atoms with E-state index in [-0.39, 0.29) is 5.91 Å². The minimum atomic E-state index is -0.219. The van der Waals surface area contributed by atoms with Gasteiger partial charge in [0.2, 0.25) is 0 Å². The number of ether oxygens (including phenoxy) is 1. The van der Waals surface area contributed by atoms with Crippen molar-refractivity contribution >= 4 is 28.3 Å². The normalized spacial score (nSPS) is 10.8. The molecule has 5 nitrogen and oxygen atoms in total. The topological polar surface area (TPSA) is 56.1 Å². The number of hydrogen-bond acceptors (Lipinski definition) is 4. The Morgan fingerprint density at radius 3 is 2.73 bits per heavy atom. The third-order valence-corrected chi connectivity index (χ3v) is 5.10. The van der Waals surface area contributed by atoms with E-state index in [1.165, 1.54) is 11.3 Å². The van der Waals surface area contributed by atoms with E-state index in [9.17, 15) is 4.79 Å². The molecule has 4 aromatic rings. The molecule has 0 saturated heterocycles. The number of aromatic nitrogens is 2. The van der Waals surface area contributed by atoms with Crippen LogP contribution in [0.1, 0.15) is 16.6 Å². The smallest absolute Gasteiger partial charge is 0.284 e. The molecule has 0 saturated carbocycles. The first kappa shape index (κ1) is 16.4. The van der Waals surface area contributed by atoms with Gasteiger partial charge in [-0.1, -0.05) is 42.5 Å². The van der Waals surface area contributed by atoms with Gasteiger partial charge in [-0.25, -0.2) is 9.66 Å². The molecule has 0 atom stereocenters. The zero-order chi connectivity index (χ0) is 17.9. The Kier molecular flexibility index (Phi) is 4.41. The molecule has 0 fully saturated rings. The van der Waals surface area contributed by atoms with Crippen molar-refractivity contribution in [3.05, 3.63) is 71.9 Å². The van der Waals surface area contributed by atoms with Gasteiger partial charge >= 0.3 is 0 Å². The zero-order valence-electron chi connectivity index (χ0n) is 14.2. The van der Waals surface area contributed by atoms with E-state index < -0.39 is 0 Å². The van der Waals surface area contributed by atoms with Crippen LogP contribution in [-0.4, -0.2) is 22.2 Å². The number of nitrogens with zero attached hydrogens (tertiary/aromatic N) is 2. The molecule has 130 valence electrons. The van der Waals surface area contributed by atoms with Crippen LogP contribution in [-0.2, 0) is 0 Å². The summed E-state index contributed by atoms with van der Waals surface area (Å²) in [5, 5.41) is 0. The van der Waals surface area contributed by atoms with Crippen molar-refractivity contribution in [3.8, 4) is 16.2 Å². The molecule has 0 aliphatic carbocycles. The Morgan fingerprint density at radius 1 is 1.15 bits per heavy atom. The predicted octanol–water partition coefficient (Wildman–Crippen LogP) is 4.55. The number of carbonyl (C=O) groups excluding carboxylic acids is 1. The number of nitrogens with one attached hydrogen (secondary N) is 1. The second-order valence-corrected chi connectivity index (χ2v) is 6.70. The van der Waals surface area contributed by atoms with Crippen molar-refractivity contribution < 1.29 is 9.53 Å². The third-order valence-electron chi connectivity index (χ3n) is 3.94. The van der Waals surface area contributed by atoms with Crippen LogP contribution in [0.15, 0.2) is 67.0 Å². The SMILES string of the molecule is CCOc1cc(-c2ccccc2)sc1C(=O)Nn1cnc2ccccc21. The lowest BCUT2D eigenvalue weighted by Crippen LogP contribution is -2.21. The number of rotatable bonds is 5. The molecule has 2 aromatic heterocycles. The molecule has 26 heavy (non-hydrogen) atoms. The minimum Gasteiger partial charge on any atom is -0.492 e. The van der Waals surface area contributed by atoms with Crippen LogP contribution in [0.3, 0.4) is 0 Å². The van der Waals surface area contributed by atoms with E-state index in [1.807, 2.05) is 67.6 Å². The van der Waals surface area contributed by atoms with Crippen LogP contribution in [0.25, 0.3) is 21.5 Å². The summed E-state index contributed by atoms with van der Waals surface area (Å²) in [4.78, 5) is 18.7. The lowest BCUT2D eigenvalue weighted by Gasteiger charge is -2.07. The van der Waals surface area contributed by atoms with Gasteiger partial charge < -0.3 is 4.74 Å². The monoisotopic (exact) mass is 363 g/mol. The van der Waals surface area contributed by atoms with Gasteiger partial charge in [-0.2, -0.15) is 0 Å². The molecule has 2 aromatic carbocycles. The van der Waals surface area contributed by atoms with Crippen LogP contribution in [0.4, 0.5) is 0 Å². The Bertz CT molecular complexity index is 1050. The van der Waals surface area contributed by atoms with Crippen molar-refractivity contribution in [1.29, 1.82) is 0 Å². The Labute approximate surface area is 154 Å². The van der Waals surface area contributed by atoms with E-state index in [1.54, 1.807) is 11.0 Å². The van der Waals surface area contributed by atoms with Crippen LogP contribution < -0.4 is 10.2 Å². The lowest BCUT2D eigenvalue weighted by atomic mass is 10.2. The molecule has 0 radical (unpaired) electrons. The molecule has 0 unspecified atom stereocenters. The summed E-state index contributed by atoms with van der Waals surface area (Å²) in [7, 11) is 0. The highest BCUT2D eigenvalue weighted by molar-refractivity contribution is 7.17. The van der Waals surface area contributed by atoms with Gasteiger partial charge in [0.05, 0.1) is 17.6 Å². The van der Waals surface area contributed by atoms with Crippen LogP contribution >= 0.6 is 11.3 Å². The molecule has 0 bridgehead atoms. The van der Waals surface area contributed by atoms with E-state index in [0.717, 1.165) is 21.5 Å². The van der Waals surface area contributed by atoms with Crippen molar-refractivity contribution in [3.63, 3.8) is 0 Å². The molecule has 2 heterocycles. The van der Waals surface area contributed by atoms with E-state index in [0.29, 0.717) is 17.2 Å². The van der Waals surface area contributed by atoms with Gasteiger partial charge in [0, 0.05) is 4.88 Å². The summed E-state index contributed by atoms with van der Waals surface area (Å²) in [6.45, 7) is 2.41. The van der Waals surface area contributed by atoms with Crippen LogP contribution in [0.2, 0.25) is 0 Å². The number of thiophene rings is 1. The Balaban J connectivity index is 1.67. The van der Waals surface area contributed by atoms with Crippen molar-refractivity contribution in [2.24, 2.45) is 0 Å². The summed E-state index contributed by atoms with van der Waals surface area (Å²) >= 11 is 1.42. The molecule has 1 N–H and O–H groups in total.